The molecule has 0 spiro atoms. The number of carboxylic acid groups (broad SMARTS) is 1. The van der Waals surface area contributed by atoms with Crippen LogP contribution in [0.25, 0.3) is 0 Å². The molecule has 25 N–H and O–H groups in total. The van der Waals surface area contributed by atoms with Gasteiger partial charge in [0.25, 0.3) is 0 Å². The third-order valence-electron chi connectivity index (χ3n) is 13.4. The number of rotatable bonds is 39. The zero-order valence-electron chi connectivity index (χ0n) is 49.5. The summed E-state index contributed by atoms with van der Waals surface area (Å²) in [6.45, 7) is 2.58. The van der Waals surface area contributed by atoms with Crippen molar-refractivity contribution in [1.82, 2.24) is 58.1 Å². The number of benzene rings is 1. The van der Waals surface area contributed by atoms with Gasteiger partial charge < -0.3 is 108 Å². The van der Waals surface area contributed by atoms with Crippen LogP contribution >= 0.6 is 25.3 Å². The largest absolute Gasteiger partial charge is 0.480 e. The van der Waals surface area contributed by atoms with E-state index in [0.29, 0.717) is 5.56 Å². The van der Waals surface area contributed by atoms with E-state index >= 15 is 0 Å². The summed E-state index contributed by atoms with van der Waals surface area (Å²) < 4.78 is 0. The van der Waals surface area contributed by atoms with Crippen LogP contribution < -0.4 is 87.6 Å². The number of amides is 14. The fourth-order valence-corrected chi connectivity index (χ4v) is 9.03. The predicted molar refractivity (Wildman–Crippen MR) is 324 cm³/mol. The second-order valence-electron chi connectivity index (χ2n) is 20.8. The average Bonchev–Trinajstić information content (AvgIpc) is 2.17. The zero-order valence-corrected chi connectivity index (χ0v) is 51.3. The Bertz CT molecular complexity index is 2780. The van der Waals surface area contributed by atoms with E-state index in [1.807, 2.05) is 0 Å². The monoisotopic (exact) mass is 1310 g/mol. The number of hydrogen-bond acceptors (Lipinski definition) is 21. The smallest absolute Gasteiger partial charge is 0.326 e. The van der Waals surface area contributed by atoms with Crippen LogP contribution in [-0.4, -0.2) is 225 Å². The van der Waals surface area contributed by atoms with E-state index in [2.05, 4.69) is 83.4 Å². The normalized spacial score (nSPS) is 16.6. The minimum Gasteiger partial charge on any atom is -0.480 e. The average molecular weight is 1310 g/mol. The lowest BCUT2D eigenvalue weighted by molar-refractivity contribution is -0.142. The number of aliphatic imine (C=N–C) groups is 1. The van der Waals surface area contributed by atoms with Gasteiger partial charge in [-0.15, -0.1) is 0 Å². The van der Waals surface area contributed by atoms with Crippen molar-refractivity contribution in [2.75, 3.05) is 31.1 Å². The first kappa shape index (κ1) is 77.2. The summed E-state index contributed by atoms with van der Waals surface area (Å²) in [5.74, 6) is -16.8. The summed E-state index contributed by atoms with van der Waals surface area (Å²) in [7, 11) is 0. The molecule has 13 atom stereocenters. The number of primary amides is 3. The van der Waals surface area contributed by atoms with Crippen LogP contribution in [0.2, 0.25) is 0 Å². The van der Waals surface area contributed by atoms with Gasteiger partial charge in [-0.3, -0.25) is 72.1 Å². The summed E-state index contributed by atoms with van der Waals surface area (Å²) >= 11 is 8.11. The Balaban J connectivity index is 2.24. The lowest BCUT2D eigenvalue weighted by Crippen LogP contribution is -2.62. The zero-order chi connectivity index (χ0) is 68.1. The van der Waals surface area contributed by atoms with Gasteiger partial charge in [-0.2, -0.15) is 25.3 Å². The molecule has 0 radical (unpaired) electrons. The molecule has 1 aromatic rings. The molecular weight excluding hydrogens is 1230 g/mol. The van der Waals surface area contributed by atoms with Crippen LogP contribution in [0, 0.1) is 0 Å². The van der Waals surface area contributed by atoms with Gasteiger partial charge in [0.15, 0.2) is 5.96 Å². The van der Waals surface area contributed by atoms with E-state index in [1.165, 1.54) is 0 Å². The number of carboxylic acids is 1. The number of carbonyl (C=O) groups is 15. The molecule has 1 heterocycles. The van der Waals surface area contributed by atoms with E-state index in [4.69, 9.17) is 34.4 Å². The van der Waals surface area contributed by atoms with Gasteiger partial charge in [-0.25, -0.2) is 4.79 Å². The Morgan fingerprint density at radius 2 is 1.06 bits per heavy atom. The quantitative estimate of drug-likeness (QED) is 0.0126. The maximum atomic E-state index is 14.1. The molecule has 0 saturated carbocycles. The maximum Gasteiger partial charge on any atom is 0.326 e. The van der Waals surface area contributed by atoms with Crippen molar-refractivity contribution in [3.05, 3.63) is 35.9 Å². The standard InChI is InChI=1S/C52H82N18O18S2/c1-23(41(77)68-40(25(3)72)50(86)65-31(19-37(56)75)45(81)67-32(21-89)46(82)62-28(51(87)88)11-7-15-59-52(57)58)61-43(79)29(17-26-9-5-4-6-10-26)63-44(80)30(18-36(55)74)64-48(84)34-12-8-16-70(34)38(76)20-60-49(85)39(24(2)71)69-47(83)33(22-90)66-42(78)27(53)13-14-35(54)73/h4-6,9-10,23-25,27-34,39-40,71-72,89-90H,7-8,11-22,53H2,1-3H3,(H2,54,73)(H2,55,74)(H2,56,75)(H,60,85)(H,61,79)(H,62,82)(H,63,80)(H,64,84)(H,65,86)(H,66,78)(H,67,81)(H,68,77)(H,69,83)(H,87,88)(H4,57,58,59)/t23-,24+,25+,27-,28-,29-,30-,31-,32-,33-,34-,39-,40-/m0/s1. The first-order valence-electron chi connectivity index (χ1n) is 28.0. The number of thiol groups is 2. The lowest BCUT2D eigenvalue weighted by Gasteiger charge is -2.28. The lowest BCUT2D eigenvalue weighted by atomic mass is 10.0. The number of nitrogens with two attached hydrogens (primary N) is 6. The molecule has 0 aliphatic carbocycles. The molecule has 1 saturated heterocycles. The van der Waals surface area contributed by atoms with Crippen LogP contribution in [0.15, 0.2) is 35.3 Å². The highest BCUT2D eigenvalue weighted by molar-refractivity contribution is 7.80. The van der Waals surface area contributed by atoms with E-state index in [0.717, 1.165) is 25.7 Å². The molecule has 0 aromatic heterocycles. The van der Waals surface area contributed by atoms with Crippen LogP contribution in [0.5, 0.6) is 0 Å². The highest BCUT2D eigenvalue weighted by Crippen LogP contribution is 2.18. The maximum absolute atomic E-state index is 14.1. The third-order valence-corrected chi connectivity index (χ3v) is 14.1. The molecule has 2 rings (SSSR count). The van der Waals surface area contributed by atoms with E-state index < -0.39 is 192 Å². The highest BCUT2D eigenvalue weighted by atomic mass is 32.1. The van der Waals surface area contributed by atoms with Gasteiger partial charge in [0.1, 0.15) is 60.4 Å². The van der Waals surface area contributed by atoms with Crippen molar-refractivity contribution in [3.8, 4) is 0 Å². The first-order valence-corrected chi connectivity index (χ1v) is 29.3. The van der Waals surface area contributed by atoms with Gasteiger partial charge in [0.2, 0.25) is 82.7 Å². The number of nitrogens with one attached hydrogen (secondary N) is 10. The van der Waals surface area contributed by atoms with Crippen molar-refractivity contribution < 1.29 is 87.2 Å². The fraction of sp³-hybridized carbons (Fsp3) is 0.577. The SMILES string of the molecule is C[C@H](NC(=O)[C@H](Cc1ccccc1)NC(=O)[C@H](CC(N)=O)NC(=O)[C@@H]1CCCN1C(=O)CNC(=O)[C@@H](NC(=O)[C@H](CS)NC(=O)[C@@H](N)CCC(N)=O)[C@@H](C)O)C(=O)N[C@H](C(=O)N[C@@H](CC(N)=O)C(=O)N[C@@H](CS)C(=O)N[C@@H](CCCN=C(N)N)C(=O)O)[C@@H](C)O. The van der Waals surface area contributed by atoms with Crippen molar-refractivity contribution in [1.29, 1.82) is 0 Å². The Morgan fingerprint density at radius 3 is 1.58 bits per heavy atom. The molecule has 36 nitrogen and oxygen atoms in total. The molecule has 1 fully saturated rings. The van der Waals surface area contributed by atoms with Crippen LogP contribution in [0.3, 0.4) is 0 Å². The summed E-state index contributed by atoms with van der Waals surface area (Å²) in [5, 5.41) is 53.7. The highest BCUT2D eigenvalue weighted by Gasteiger charge is 2.39. The van der Waals surface area contributed by atoms with E-state index in [1.54, 1.807) is 30.3 Å². The molecular formula is C52H82N18O18S2. The number of aliphatic carboxylic acids is 1. The number of guanidine groups is 1. The molecule has 14 amide bonds. The number of aliphatic hydroxyl groups excluding tert-OH is 2. The number of nitrogens with zero attached hydrogens (tertiary/aromatic N) is 2. The predicted octanol–water partition coefficient (Wildman–Crippen LogP) is -10.2. The third kappa shape index (κ3) is 26.8. The first-order chi connectivity index (χ1) is 42.2. The molecule has 1 aromatic carbocycles. The molecule has 38 heteroatoms. The molecule has 1 aliphatic rings. The van der Waals surface area contributed by atoms with Gasteiger partial charge >= 0.3 is 5.97 Å². The number of likely N-dealkylation sites (tertiary alicyclic amines) is 1. The topological polar surface area (TPSA) is 609 Å². The Hall–Kier alpha value is -8.88. The number of carbonyl (C=O) groups excluding carboxylic acids is 14. The molecule has 90 heavy (non-hydrogen) atoms. The second-order valence-corrected chi connectivity index (χ2v) is 21.5. The van der Waals surface area contributed by atoms with Crippen LogP contribution in [-0.2, 0) is 78.3 Å². The van der Waals surface area contributed by atoms with Crippen molar-refractivity contribution in [3.63, 3.8) is 0 Å². The van der Waals surface area contributed by atoms with Crippen LogP contribution in [0.1, 0.15) is 77.7 Å². The molecule has 0 unspecified atom stereocenters. The Labute approximate surface area is 527 Å². The summed E-state index contributed by atoms with van der Waals surface area (Å²) in [4.78, 5) is 201. The van der Waals surface area contributed by atoms with Crippen molar-refractivity contribution in [2.24, 2.45) is 39.4 Å². The van der Waals surface area contributed by atoms with Gasteiger partial charge in [0, 0.05) is 37.4 Å². The van der Waals surface area contributed by atoms with E-state index in [-0.39, 0.29) is 69.7 Å². The Morgan fingerprint density at radius 1 is 0.578 bits per heavy atom. The molecule has 1 aliphatic heterocycles. The summed E-state index contributed by atoms with van der Waals surface area (Å²) in [6, 6.07) is -9.35. The Kier molecular flexibility index (Phi) is 33.0. The van der Waals surface area contributed by atoms with Crippen LogP contribution in [0.4, 0.5) is 0 Å². The van der Waals surface area contributed by atoms with E-state index in [9.17, 15) is 87.2 Å². The van der Waals surface area contributed by atoms with Crippen molar-refractivity contribution >= 4 is 120 Å². The fourth-order valence-electron chi connectivity index (χ4n) is 8.52. The number of hydrogen-bond donors (Lipinski definition) is 21. The van der Waals surface area contributed by atoms with Crippen molar-refractivity contribution in [2.45, 2.75) is 157 Å². The summed E-state index contributed by atoms with van der Waals surface area (Å²) in [6.07, 6.45) is -5.42. The molecule has 0 bridgehead atoms. The van der Waals surface area contributed by atoms with Gasteiger partial charge in [-0.1, -0.05) is 30.3 Å². The minimum atomic E-state index is -1.92. The summed E-state index contributed by atoms with van der Waals surface area (Å²) in [5.41, 5.74) is 32.7. The van der Waals surface area contributed by atoms with Gasteiger partial charge in [0.05, 0.1) is 37.6 Å². The second kappa shape index (κ2) is 38.5. The minimum absolute atomic E-state index is 0.0200. The van der Waals surface area contributed by atoms with Gasteiger partial charge in [-0.05, 0) is 58.4 Å². The molecule has 500 valence electrons. The number of aliphatic hydroxyl groups is 2.